The fourth-order valence-corrected chi connectivity index (χ4v) is 2.31. The molecule has 0 bridgehead atoms. The largest absolute Gasteiger partial charge is 0.478 e. The van der Waals surface area contributed by atoms with Crippen LogP contribution in [0.25, 0.3) is 5.65 Å². The lowest BCUT2D eigenvalue weighted by Crippen LogP contribution is -2.02. The van der Waals surface area contributed by atoms with E-state index in [1.165, 1.54) is 28.8 Å². The minimum absolute atomic E-state index is 0.0350. The van der Waals surface area contributed by atoms with Gasteiger partial charge in [-0.15, -0.1) is 10.2 Å². The minimum Gasteiger partial charge on any atom is -0.478 e. The summed E-state index contributed by atoms with van der Waals surface area (Å²) >= 11 is 6.00. The Labute approximate surface area is 123 Å². The molecular weight excluding hydrogens is 297 g/mol. The summed E-state index contributed by atoms with van der Waals surface area (Å²) in [5.74, 6) is -0.949. The zero-order chi connectivity index (χ0) is 15.0. The summed E-state index contributed by atoms with van der Waals surface area (Å²) in [7, 11) is 0. The number of aromatic nitrogens is 3. The number of benzene rings is 1. The Morgan fingerprint density at radius 2 is 2.14 bits per heavy atom. The van der Waals surface area contributed by atoms with Gasteiger partial charge in [-0.2, -0.15) is 0 Å². The summed E-state index contributed by atoms with van der Waals surface area (Å²) in [5.41, 5.74) is 1.11. The smallest absolute Gasteiger partial charge is 0.337 e. The Hall–Kier alpha value is -2.47. The number of carbonyl (C=O) groups is 1. The second-order valence-corrected chi connectivity index (χ2v) is 4.91. The molecule has 0 spiro atoms. The van der Waals surface area contributed by atoms with Gasteiger partial charge in [0, 0.05) is 12.6 Å². The first kappa shape index (κ1) is 13.5. The van der Waals surface area contributed by atoms with Gasteiger partial charge in [0.15, 0.2) is 5.65 Å². The van der Waals surface area contributed by atoms with Crippen molar-refractivity contribution in [2.45, 2.75) is 6.42 Å². The van der Waals surface area contributed by atoms with Crippen molar-refractivity contribution < 1.29 is 14.3 Å². The molecule has 21 heavy (non-hydrogen) atoms. The molecule has 0 atom stereocenters. The first-order valence-electron chi connectivity index (χ1n) is 6.05. The number of aromatic carboxylic acids is 1. The van der Waals surface area contributed by atoms with Crippen LogP contribution >= 0.6 is 11.6 Å². The highest BCUT2D eigenvalue weighted by atomic mass is 35.5. The number of hydrogen-bond donors (Lipinski definition) is 1. The van der Waals surface area contributed by atoms with Crippen LogP contribution in [0.2, 0.25) is 5.02 Å². The van der Waals surface area contributed by atoms with Crippen LogP contribution in [0, 0.1) is 5.82 Å². The first-order chi connectivity index (χ1) is 10.0. The van der Waals surface area contributed by atoms with Crippen LogP contribution in [-0.2, 0) is 6.42 Å². The molecule has 0 fully saturated rings. The molecule has 106 valence electrons. The Balaban J connectivity index is 2.09. The van der Waals surface area contributed by atoms with Crippen molar-refractivity contribution in [1.82, 2.24) is 14.6 Å². The van der Waals surface area contributed by atoms with E-state index in [4.69, 9.17) is 16.7 Å². The molecule has 5 nitrogen and oxygen atoms in total. The molecule has 3 rings (SSSR count). The van der Waals surface area contributed by atoms with Gasteiger partial charge in [0.25, 0.3) is 0 Å². The summed E-state index contributed by atoms with van der Waals surface area (Å²) in [6, 6.07) is 7.42. The van der Waals surface area contributed by atoms with Crippen molar-refractivity contribution >= 4 is 23.2 Å². The van der Waals surface area contributed by atoms with E-state index in [1.807, 2.05) is 0 Å². The molecule has 0 aliphatic carbocycles. The van der Waals surface area contributed by atoms with Gasteiger partial charge in [0.2, 0.25) is 0 Å². The molecule has 0 amide bonds. The van der Waals surface area contributed by atoms with E-state index in [-0.39, 0.29) is 16.4 Å². The number of carboxylic acids is 1. The number of carboxylic acid groups (broad SMARTS) is 1. The van der Waals surface area contributed by atoms with E-state index in [2.05, 4.69) is 10.2 Å². The maximum atomic E-state index is 13.2. The van der Waals surface area contributed by atoms with Gasteiger partial charge in [-0.1, -0.05) is 23.7 Å². The van der Waals surface area contributed by atoms with E-state index in [1.54, 1.807) is 12.1 Å². The van der Waals surface area contributed by atoms with Crippen molar-refractivity contribution in [3.63, 3.8) is 0 Å². The van der Waals surface area contributed by atoms with Gasteiger partial charge in [-0.05, 0) is 23.8 Å². The second-order valence-electron chi connectivity index (χ2n) is 4.50. The predicted molar refractivity (Wildman–Crippen MR) is 74.2 cm³/mol. The molecule has 0 aliphatic rings. The zero-order valence-electron chi connectivity index (χ0n) is 10.6. The topological polar surface area (TPSA) is 67.5 Å². The molecule has 7 heteroatoms. The van der Waals surface area contributed by atoms with Crippen LogP contribution in [0.3, 0.4) is 0 Å². The first-order valence-corrected chi connectivity index (χ1v) is 6.43. The van der Waals surface area contributed by atoms with Crippen LogP contribution in [-0.4, -0.2) is 25.7 Å². The molecule has 0 saturated heterocycles. The highest BCUT2D eigenvalue weighted by molar-refractivity contribution is 6.33. The number of fused-ring (bicyclic) bond motifs is 1. The molecule has 2 heterocycles. The standard InChI is InChI=1S/C14H9ClFN3O2/c15-11-6-9(14(20)21)7-19-12(17-18-13(11)19)5-8-2-1-3-10(16)4-8/h1-4,6-7H,5H2,(H,20,21). The minimum atomic E-state index is -1.09. The number of hydrogen-bond acceptors (Lipinski definition) is 3. The van der Waals surface area contributed by atoms with Gasteiger partial charge >= 0.3 is 5.97 Å². The van der Waals surface area contributed by atoms with Gasteiger partial charge in [-0.3, -0.25) is 4.40 Å². The van der Waals surface area contributed by atoms with E-state index in [0.29, 0.717) is 23.5 Å². The Morgan fingerprint density at radius 3 is 2.86 bits per heavy atom. The van der Waals surface area contributed by atoms with Gasteiger partial charge in [-0.25, -0.2) is 9.18 Å². The predicted octanol–water partition coefficient (Wildman–Crippen LogP) is 2.81. The van der Waals surface area contributed by atoms with E-state index >= 15 is 0 Å². The quantitative estimate of drug-likeness (QED) is 0.808. The van der Waals surface area contributed by atoms with Crippen molar-refractivity contribution in [3.05, 3.63) is 64.3 Å². The molecule has 0 aliphatic heterocycles. The average molecular weight is 306 g/mol. The number of rotatable bonds is 3. The van der Waals surface area contributed by atoms with Crippen LogP contribution in [0.15, 0.2) is 36.5 Å². The second kappa shape index (κ2) is 5.14. The SMILES string of the molecule is O=C(O)c1cc(Cl)c2nnc(Cc3cccc(F)c3)n2c1. The fraction of sp³-hybridized carbons (Fsp3) is 0.0714. The fourth-order valence-electron chi connectivity index (χ4n) is 2.07. The Kier molecular flexibility index (Phi) is 3.31. The number of pyridine rings is 1. The highest BCUT2D eigenvalue weighted by Gasteiger charge is 2.14. The van der Waals surface area contributed by atoms with E-state index in [0.717, 1.165) is 0 Å². The van der Waals surface area contributed by atoms with E-state index < -0.39 is 5.97 Å². The normalized spacial score (nSPS) is 11.0. The van der Waals surface area contributed by atoms with Gasteiger partial charge in [0.05, 0.1) is 10.6 Å². The number of nitrogens with zero attached hydrogens (tertiary/aromatic N) is 3. The van der Waals surface area contributed by atoms with Crippen molar-refractivity contribution in [2.75, 3.05) is 0 Å². The molecular formula is C14H9ClFN3O2. The Bertz CT molecular complexity index is 847. The lowest BCUT2D eigenvalue weighted by molar-refractivity contribution is 0.0696. The number of halogens is 2. The molecule has 1 aromatic carbocycles. The van der Waals surface area contributed by atoms with Gasteiger partial charge in [0.1, 0.15) is 11.6 Å². The lowest BCUT2D eigenvalue weighted by Gasteiger charge is -2.03. The molecule has 0 unspecified atom stereocenters. The summed E-state index contributed by atoms with van der Waals surface area (Å²) in [6.45, 7) is 0. The summed E-state index contributed by atoms with van der Waals surface area (Å²) in [4.78, 5) is 11.1. The molecule has 0 saturated carbocycles. The molecule has 2 aromatic heterocycles. The van der Waals surface area contributed by atoms with Crippen molar-refractivity contribution in [3.8, 4) is 0 Å². The zero-order valence-corrected chi connectivity index (χ0v) is 11.4. The third kappa shape index (κ3) is 2.57. The Morgan fingerprint density at radius 1 is 1.33 bits per heavy atom. The summed E-state index contributed by atoms with van der Waals surface area (Å²) in [6.07, 6.45) is 1.72. The maximum absolute atomic E-state index is 13.2. The highest BCUT2D eigenvalue weighted by Crippen LogP contribution is 2.20. The monoisotopic (exact) mass is 305 g/mol. The summed E-state index contributed by atoms with van der Waals surface area (Å²) in [5, 5.41) is 17.2. The molecule has 3 aromatic rings. The van der Waals surface area contributed by atoms with Gasteiger partial charge < -0.3 is 5.11 Å². The van der Waals surface area contributed by atoms with Crippen LogP contribution in [0.4, 0.5) is 4.39 Å². The van der Waals surface area contributed by atoms with Crippen molar-refractivity contribution in [2.24, 2.45) is 0 Å². The van der Waals surface area contributed by atoms with E-state index in [9.17, 15) is 9.18 Å². The molecule has 1 N–H and O–H groups in total. The van der Waals surface area contributed by atoms with Crippen LogP contribution in [0.1, 0.15) is 21.7 Å². The van der Waals surface area contributed by atoms with Crippen molar-refractivity contribution in [1.29, 1.82) is 0 Å². The third-order valence-electron chi connectivity index (χ3n) is 3.03. The maximum Gasteiger partial charge on any atom is 0.337 e. The lowest BCUT2D eigenvalue weighted by atomic mass is 10.1. The summed E-state index contributed by atoms with van der Waals surface area (Å²) < 4.78 is 14.7. The third-order valence-corrected chi connectivity index (χ3v) is 3.31. The van der Waals surface area contributed by atoms with Crippen LogP contribution < -0.4 is 0 Å². The molecule has 0 radical (unpaired) electrons. The average Bonchev–Trinajstić information content (AvgIpc) is 2.82. The van der Waals surface area contributed by atoms with Crippen LogP contribution in [0.5, 0.6) is 0 Å².